The number of carbonyl (C=O) groups excluding carboxylic acids is 2. The number of ether oxygens (including phenoxy) is 2. The fourth-order valence-corrected chi connectivity index (χ4v) is 6.82. The smallest absolute Gasteiger partial charge is 0.265 e. The molecular formula is C22H26N2O6S2. The van der Waals surface area contributed by atoms with Crippen molar-refractivity contribution in [3.63, 3.8) is 0 Å². The molecule has 10 heteroatoms. The number of anilines is 1. The molecular weight excluding hydrogens is 452 g/mol. The molecule has 8 nitrogen and oxygen atoms in total. The minimum Gasteiger partial charge on any atom is -0.493 e. The molecule has 1 atom stereocenters. The van der Waals surface area contributed by atoms with Crippen LogP contribution in [-0.2, 0) is 9.84 Å². The molecule has 0 N–H and O–H groups in total. The Morgan fingerprint density at radius 3 is 2.50 bits per heavy atom. The zero-order valence-electron chi connectivity index (χ0n) is 18.5. The van der Waals surface area contributed by atoms with Gasteiger partial charge in [0.15, 0.2) is 21.3 Å². The van der Waals surface area contributed by atoms with Crippen LogP contribution in [0.4, 0.5) is 5.00 Å². The lowest BCUT2D eigenvalue weighted by molar-refractivity contribution is 0.0597. The van der Waals surface area contributed by atoms with Crippen molar-refractivity contribution in [2.75, 3.05) is 38.5 Å². The minimum absolute atomic E-state index is 0.316. The van der Waals surface area contributed by atoms with E-state index in [1.165, 1.54) is 18.4 Å². The van der Waals surface area contributed by atoms with Crippen LogP contribution < -0.4 is 14.4 Å². The fraction of sp³-hybridized carbons (Fsp3) is 0.455. The molecule has 1 aromatic carbocycles. The topological polar surface area (TPSA) is 93.2 Å². The summed E-state index contributed by atoms with van der Waals surface area (Å²) in [7, 11) is 1.64. The van der Waals surface area contributed by atoms with Gasteiger partial charge < -0.3 is 14.4 Å². The number of nitrogens with zero attached hydrogens (tertiary/aromatic N) is 2. The standard InChI is InChI=1S/C22H26N2O6S2/c1-5-30-18-10-13(6-9-17(18)29-4)16(12-32(27,28)14-7-8-14)24-20(25)15-11-31-22(23(2)3)19(15)21(24)26/h6,9-11,14,16H,5,7-8,12H2,1-4H3/t16-/m0/s1. The molecule has 1 aromatic heterocycles. The third kappa shape index (κ3) is 3.86. The third-order valence-corrected chi connectivity index (χ3v) is 9.08. The largest absolute Gasteiger partial charge is 0.493 e. The average Bonchev–Trinajstić information content (AvgIpc) is 3.47. The summed E-state index contributed by atoms with van der Waals surface area (Å²) < 4.78 is 36.9. The second-order valence-corrected chi connectivity index (χ2v) is 11.3. The van der Waals surface area contributed by atoms with Gasteiger partial charge in [-0.2, -0.15) is 0 Å². The first-order chi connectivity index (χ1) is 15.2. The quantitative estimate of drug-likeness (QED) is 0.511. The Hall–Kier alpha value is -2.59. The molecule has 32 heavy (non-hydrogen) atoms. The summed E-state index contributed by atoms with van der Waals surface area (Å²) in [6.45, 7) is 2.21. The fourth-order valence-electron chi connectivity index (χ4n) is 3.94. The van der Waals surface area contributed by atoms with Crippen molar-refractivity contribution in [2.45, 2.75) is 31.1 Å². The highest BCUT2D eigenvalue weighted by molar-refractivity contribution is 7.92. The zero-order chi connectivity index (χ0) is 23.2. The summed E-state index contributed by atoms with van der Waals surface area (Å²) in [4.78, 5) is 29.6. The first kappa shape index (κ1) is 22.6. The summed E-state index contributed by atoms with van der Waals surface area (Å²) in [5.41, 5.74) is 1.16. The summed E-state index contributed by atoms with van der Waals surface area (Å²) in [5, 5.41) is 1.93. The number of amides is 2. The van der Waals surface area contributed by atoms with Crippen LogP contribution in [0.25, 0.3) is 0 Å². The van der Waals surface area contributed by atoms with E-state index in [1.54, 1.807) is 42.6 Å². The maximum Gasteiger partial charge on any atom is 0.265 e. The highest BCUT2D eigenvalue weighted by Crippen LogP contribution is 2.43. The first-order valence-corrected chi connectivity index (χ1v) is 13.0. The normalized spacial score (nSPS) is 16.8. The van der Waals surface area contributed by atoms with Gasteiger partial charge in [-0.3, -0.25) is 14.5 Å². The molecule has 1 fully saturated rings. The van der Waals surface area contributed by atoms with Crippen molar-refractivity contribution < 1.29 is 27.5 Å². The number of fused-ring (bicyclic) bond motifs is 1. The number of rotatable bonds is 9. The molecule has 1 saturated carbocycles. The molecule has 0 saturated heterocycles. The van der Waals surface area contributed by atoms with Crippen molar-refractivity contribution >= 4 is 38.0 Å². The van der Waals surface area contributed by atoms with Gasteiger partial charge in [0, 0.05) is 19.5 Å². The second kappa shape index (κ2) is 8.40. The summed E-state index contributed by atoms with van der Waals surface area (Å²) in [6.07, 6.45) is 1.23. The molecule has 2 heterocycles. The molecule has 0 spiro atoms. The number of methoxy groups -OCH3 is 1. The van der Waals surface area contributed by atoms with Crippen LogP contribution >= 0.6 is 11.3 Å². The van der Waals surface area contributed by atoms with Crippen LogP contribution in [0.5, 0.6) is 11.5 Å². The summed E-state index contributed by atoms with van der Waals surface area (Å²) in [5.74, 6) is -0.340. The van der Waals surface area contributed by atoms with E-state index in [0.29, 0.717) is 52.6 Å². The number of benzene rings is 1. The monoisotopic (exact) mass is 478 g/mol. The van der Waals surface area contributed by atoms with E-state index in [9.17, 15) is 18.0 Å². The van der Waals surface area contributed by atoms with Gasteiger partial charge in [-0.1, -0.05) is 6.07 Å². The second-order valence-electron chi connectivity index (χ2n) is 8.09. The van der Waals surface area contributed by atoms with Crippen LogP contribution in [0, 0.1) is 0 Å². The maximum absolute atomic E-state index is 13.4. The van der Waals surface area contributed by atoms with Gasteiger partial charge in [0.25, 0.3) is 11.8 Å². The lowest BCUT2D eigenvalue weighted by atomic mass is 10.1. The van der Waals surface area contributed by atoms with Crippen molar-refractivity contribution in [1.29, 1.82) is 0 Å². The lowest BCUT2D eigenvalue weighted by Crippen LogP contribution is -2.38. The van der Waals surface area contributed by atoms with Gasteiger partial charge in [0.05, 0.1) is 41.9 Å². The highest BCUT2D eigenvalue weighted by Gasteiger charge is 2.47. The number of hydrogen-bond acceptors (Lipinski definition) is 8. The third-order valence-electron chi connectivity index (χ3n) is 5.67. The van der Waals surface area contributed by atoms with Crippen molar-refractivity contribution in [2.24, 2.45) is 0 Å². The van der Waals surface area contributed by atoms with Gasteiger partial charge in [-0.05, 0) is 37.5 Å². The van der Waals surface area contributed by atoms with E-state index in [-0.39, 0.29) is 5.75 Å². The minimum atomic E-state index is -3.48. The zero-order valence-corrected chi connectivity index (χ0v) is 20.1. The van der Waals surface area contributed by atoms with Gasteiger partial charge in [-0.15, -0.1) is 11.3 Å². The number of sulfone groups is 1. The molecule has 4 rings (SSSR count). The lowest BCUT2D eigenvalue weighted by Gasteiger charge is -2.27. The van der Waals surface area contributed by atoms with Crippen LogP contribution in [0.15, 0.2) is 23.6 Å². The maximum atomic E-state index is 13.4. The molecule has 0 unspecified atom stereocenters. The van der Waals surface area contributed by atoms with Crippen LogP contribution in [0.2, 0.25) is 0 Å². The van der Waals surface area contributed by atoms with Crippen molar-refractivity contribution in [3.05, 3.63) is 40.3 Å². The molecule has 2 aromatic rings. The van der Waals surface area contributed by atoms with E-state index >= 15 is 0 Å². The first-order valence-electron chi connectivity index (χ1n) is 10.4. The van der Waals surface area contributed by atoms with E-state index in [1.807, 2.05) is 6.92 Å². The number of hydrogen-bond donors (Lipinski definition) is 0. The van der Waals surface area contributed by atoms with E-state index in [4.69, 9.17) is 9.47 Å². The number of thiophene rings is 1. The molecule has 0 radical (unpaired) electrons. The summed E-state index contributed by atoms with van der Waals surface area (Å²) >= 11 is 1.32. The van der Waals surface area contributed by atoms with Crippen molar-refractivity contribution in [3.8, 4) is 11.5 Å². The average molecular weight is 479 g/mol. The Labute approximate surface area is 191 Å². The molecule has 172 valence electrons. The van der Waals surface area contributed by atoms with Crippen LogP contribution in [-0.4, -0.2) is 63.9 Å². The van der Waals surface area contributed by atoms with E-state index in [0.717, 1.165) is 4.90 Å². The van der Waals surface area contributed by atoms with Crippen LogP contribution in [0.1, 0.15) is 52.1 Å². The Bertz CT molecular complexity index is 1170. The molecule has 2 aliphatic rings. The van der Waals surface area contributed by atoms with E-state index in [2.05, 4.69) is 0 Å². The molecule has 2 amide bonds. The molecule has 1 aliphatic heterocycles. The predicted octanol–water partition coefficient (Wildman–Crippen LogP) is 3.14. The Morgan fingerprint density at radius 2 is 1.91 bits per heavy atom. The Kier molecular flexibility index (Phi) is 5.93. The molecule has 1 aliphatic carbocycles. The SMILES string of the molecule is CCOc1cc([C@H](CS(=O)(=O)C2CC2)N2C(=O)c3csc(N(C)C)c3C2=O)ccc1OC. The van der Waals surface area contributed by atoms with Gasteiger partial charge in [0.2, 0.25) is 0 Å². The van der Waals surface area contributed by atoms with Gasteiger partial charge in [-0.25, -0.2) is 8.42 Å². The number of carbonyl (C=O) groups is 2. The van der Waals surface area contributed by atoms with Gasteiger partial charge >= 0.3 is 0 Å². The number of imide groups is 1. The highest BCUT2D eigenvalue weighted by atomic mass is 32.2. The molecule has 0 bridgehead atoms. The van der Waals surface area contributed by atoms with Crippen LogP contribution in [0.3, 0.4) is 0 Å². The Balaban J connectivity index is 1.80. The van der Waals surface area contributed by atoms with Crippen molar-refractivity contribution in [1.82, 2.24) is 4.90 Å². The van der Waals surface area contributed by atoms with Gasteiger partial charge in [0.1, 0.15) is 5.00 Å². The Morgan fingerprint density at radius 1 is 1.19 bits per heavy atom. The van der Waals surface area contributed by atoms with E-state index < -0.39 is 32.9 Å². The predicted molar refractivity (Wildman–Crippen MR) is 123 cm³/mol. The summed E-state index contributed by atoms with van der Waals surface area (Å²) in [6, 6.07) is 4.06.